The molecular weight excluding hydrogens is 336 g/mol. The Morgan fingerprint density at radius 2 is 2.39 bits per heavy atom. The van der Waals surface area contributed by atoms with Crippen molar-refractivity contribution in [3.8, 4) is 0 Å². The molecule has 3 nitrogen and oxygen atoms in total. The SMILES string of the molecule is Cl.NCC1CCN(C(=O)CCc2cc(Br)cs2)C1. The molecule has 102 valence electrons. The van der Waals surface area contributed by atoms with E-state index in [1.807, 2.05) is 4.90 Å². The van der Waals surface area contributed by atoms with Gasteiger partial charge in [-0.1, -0.05) is 0 Å². The highest BCUT2D eigenvalue weighted by molar-refractivity contribution is 9.10. The van der Waals surface area contributed by atoms with Crippen molar-refractivity contribution in [2.24, 2.45) is 11.7 Å². The van der Waals surface area contributed by atoms with E-state index in [1.54, 1.807) is 11.3 Å². The van der Waals surface area contributed by atoms with Crippen molar-refractivity contribution >= 4 is 45.6 Å². The van der Waals surface area contributed by atoms with Gasteiger partial charge < -0.3 is 10.6 Å². The van der Waals surface area contributed by atoms with Gasteiger partial charge in [0.2, 0.25) is 5.91 Å². The van der Waals surface area contributed by atoms with E-state index in [9.17, 15) is 4.79 Å². The third kappa shape index (κ3) is 4.23. The summed E-state index contributed by atoms with van der Waals surface area (Å²) in [6.07, 6.45) is 2.52. The van der Waals surface area contributed by atoms with Gasteiger partial charge >= 0.3 is 0 Å². The molecule has 0 aliphatic carbocycles. The molecule has 0 saturated carbocycles. The fourth-order valence-electron chi connectivity index (χ4n) is 2.12. The molecular formula is C12H18BrClN2OS. The number of hydrogen-bond acceptors (Lipinski definition) is 3. The first-order chi connectivity index (χ1) is 8.19. The lowest BCUT2D eigenvalue weighted by Crippen LogP contribution is -2.29. The fourth-order valence-corrected chi connectivity index (χ4v) is 3.58. The zero-order valence-corrected chi connectivity index (χ0v) is 13.3. The van der Waals surface area contributed by atoms with E-state index in [1.165, 1.54) is 4.88 Å². The summed E-state index contributed by atoms with van der Waals surface area (Å²) in [6.45, 7) is 2.43. The molecule has 1 aromatic heterocycles. The zero-order valence-electron chi connectivity index (χ0n) is 10.1. The van der Waals surface area contributed by atoms with Crippen LogP contribution in [0.3, 0.4) is 0 Å². The molecule has 1 atom stereocenters. The second kappa shape index (κ2) is 7.48. The molecule has 6 heteroatoms. The zero-order chi connectivity index (χ0) is 12.3. The Morgan fingerprint density at radius 1 is 1.61 bits per heavy atom. The van der Waals surface area contributed by atoms with Gasteiger partial charge in [-0.05, 0) is 47.3 Å². The summed E-state index contributed by atoms with van der Waals surface area (Å²) < 4.78 is 1.11. The number of carbonyl (C=O) groups excluding carboxylic acids is 1. The first-order valence-corrected chi connectivity index (χ1v) is 7.57. The number of likely N-dealkylation sites (tertiary alicyclic amines) is 1. The van der Waals surface area contributed by atoms with Gasteiger partial charge in [-0.25, -0.2) is 0 Å². The van der Waals surface area contributed by atoms with Crippen LogP contribution in [-0.4, -0.2) is 30.4 Å². The van der Waals surface area contributed by atoms with Crippen molar-refractivity contribution in [2.75, 3.05) is 19.6 Å². The third-order valence-electron chi connectivity index (χ3n) is 3.18. The van der Waals surface area contributed by atoms with Crippen molar-refractivity contribution in [3.05, 3.63) is 20.8 Å². The molecule has 1 amide bonds. The molecule has 1 aliphatic heterocycles. The second-order valence-corrected chi connectivity index (χ2v) is 6.37. The van der Waals surface area contributed by atoms with Gasteiger partial charge in [-0.2, -0.15) is 0 Å². The van der Waals surface area contributed by atoms with Crippen molar-refractivity contribution in [2.45, 2.75) is 19.3 Å². The maximum Gasteiger partial charge on any atom is 0.222 e. The van der Waals surface area contributed by atoms with Crippen molar-refractivity contribution < 1.29 is 4.79 Å². The smallest absolute Gasteiger partial charge is 0.222 e. The highest BCUT2D eigenvalue weighted by Crippen LogP contribution is 2.22. The number of thiophene rings is 1. The first-order valence-electron chi connectivity index (χ1n) is 5.90. The molecule has 1 aliphatic rings. The Bertz CT molecular complexity index is 399. The van der Waals surface area contributed by atoms with Crippen LogP contribution in [0.2, 0.25) is 0 Å². The lowest BCUT2D eigenvalue weighted by Gasteiger charge is -2.15. The van der Waals surface area contributed by atoms with E-state index >= 15 is 0 Å². The summed E-state index contributed by atoms with van der Waals surface area (Å²) in [5, 5.41) is 2.06. The number of halogens is 2. The molecule has 0 bridgehead atoms. The molecule has 18 heavy (non-hydrogen) atoms. The van der Waals surface area contributed by atoms with Crippen LogP contribution < -0.4 is 5.73 Å². The number of hydrogen-bond donors (Lipinski definition) is 1. The molecule has 1 unspecified atom stereocenters. The summed E-state index contributed by atoms with van der Waals surface area (Å²) >= 11 is 5.13. The van der Waals surface area contributed by atoms with Gasteiger partial charge in [0.15, 0.2) is 0 Å². The quantitative estimate of drug-likeness (QED) is 0.904. The van der Waals surface area contributed by atoms with Crippen LogP contribution in [0.1, 0.15) is 17.7 Å². The van der Waals surface area contributed by atoms with Crippen LogP contribution in [0.4, 0.5) is 0 Å². The Hall–Kier alpha value is -0.100. The van der Waals surface area contributed by atoms with Crippen LogP contribution in [0.5, 0.6) is 0 Å². The van der Waals surface area contributed by atoms with Crippen LogP contribution in [0.25, 0.3) is 0 Å². The van der Waals surface area contributed by atoms with E-state index in [0.717, 1.165) is 30.4 Å². The summed E-state index contributed by atoms with van der Waals surface area (Å²) in [5.74, 6) is 0.778. The third-order valence-corrected chi connectivity index (χ3v) is 4.94. The molecule has 0 spiro atoms. The highest BCUT2D eigenvalue weighted by atomic mass is 79.9. The maximum atomic E-state index is 12.0. The molecule has 1 aromatic rings. The van der Waals surface area contributed by atoms with Gasteiger partial charge in [0.1, 0.15) is 0 Å². The van der Waals surface area contributed by atoms with E-state index in [4.69, 9.17) is 5.73 Å². The monoisotopic (exact) mass is 352 g/mol. The largest absolute Gasteiger partial charge is 0.342 e. The van der Waals surface area contributed by atoms with Gasteiger partial charge in [-0.3, -0.25) is 4.79 Å². The second-order valence-electron chi connectivity index (χ2n) is 4.46. The van der Waals surface area contributed by atoms with Crippen molar-refractivity contribution in [1.82, 2.24) is 4.90 Å². The number of rotatable bonds is 4. The predicted molar refractivity (Wildman–Crippen MR) is 81.3 cm³/mol. The molecule has 1 saturated heterocycles. The Kier molecular flexibility index (Phi) is 6.63. The van der Waals surface area contributed by atoms with Crippen molar-refractivity contribution in [1.29, 1.82) is 0 Å². The summed E-state index contributed by atoms with van der Waals surface area (Å²) in [6, 6.07) is 2.09. The highest BCUT2D eigenvalue weighted by Gasteiger charge is 2.24. The minimum absolute atomic E-state index is 0. The lowest BCUT2D eigenvalue weighted by molar-refractivity contribution is -0.130. The van der Waals surface area contributed by atoms with Crippen LogP contribution in [0, 0.1) is 5.92 Å². The van der Waals surface area contributed by atoms with Crippen LogP contribution in [-0.2, 0) is 11.2 Å². The Labute approximate surface area is 126 Å². The Balaban J connectivity index is 0.00000162. The summed E-state index contributed by atoms with van der Waals surface area (Å²) in [4.78, 5) is 15.2. The predicted octanol–water partition coefficient (Wildman–Crippen LogP) is 2.67. The molecule has 0 radical (unpaired) electrons. The number of carbonyl (C=O) groups is 1. The normalized spacial score (nSPS) is 18.8. The average Bonchev–Trinajstić information content (AvgIpc) is 2.94. The fraction of sp³-hybridized carbons (Fsp3) is 0.583. The van der Waals surface area contributed by atoms with E-state index in [-0.39, 0.29) is 18.3 Å². The number of nitrogens with two attached hydrogens (primary N) is 1. The van der Waals surface area contributed by atoms with E-state index in [0.29, 0.717) is 18.9 Å². The van der Waals surface area contributed by atoms with Gasteiger partial charge in [0.25, 0.3) is 0 Å². The molecule has 1 fully saturated rings. The minimum Gasteiger partial charge on any atom is -0.342 e. The van der Waals surface area contributed by atoms with Gasteiger partial charge in [-0.15, -0.1) is 23.7 Å². The minimum atomic E-state index is 0. The number of nitrogens with zero attached hydrogens (tertiary/aromatic N) is 1. The lowest BCUT2D eigenvalue weighted by atomic mass is 10.1. The van der Waals surface area contributed by atoms with Gasteiger partial charge in [0, 0.05) is 34.2 Å². The van der Waals surface area contributed by atoms with Crippen LogP contribution >= 0.6 is 39.7 Å². The summed E-state index contributed by atoms with van der Waals surface area (Å²) in [7, 11) is 0. The molecule has 2 N–H and O–H groups in total. The van der Waals surface area contributed by atoms with Crippen LogP contribution in [0.15, 0.2) is 15.9 Å². The average molecular weight is 354 g/mol. The topological polar surface area (TPSA) is 46.3 Å². The molecule has 2 rings (SSSR count). The number of amides is 1. The van der Waals surface area contributed by atoms with E-state index < -0.39 is 0 Å². The first kappa shape index (κ1) is 16.0. The number of aryl methyl sites for hydroxylation is 1. The van der Waals surface area contributed by atoms with Gasteiger partial charge in [0.05, 0.1) is 0 Å². The van der Waals surface area contributed by atoms with Crippen molar-refractivity contribution in [3.63, 3.8) is 0 Å². The maximum absolute atomic E-state index is 12.0. The van der Waals surface area contributed by atoms with E-state index in [2.05, 4.69) is 27.4 Å². The molecule has 2 heterocycles. The Morgan fingerprint density at radius 3 is 2.94 bits per heavy atom. The standard InChI is InChI=1S/C12H17BrN2OS.ClH/c13-10-5-11(17-8-10)1-2-12(16)15-4-3-9(6-14)7-15;/h5,8-9H,1-4,6-7,14H2;1H. The molecule has 0 aromatic carbocycles. The summed E-state index contributed by atoms with van der Waals surface area (Å²) in [5.41, 5.74) is 5.62.